The summed E-state index contributed by atoms with van der Waals surface area (Å²) < 4.78 is 10.8. The van der Waals surface area contributed by atoms with E-state index >= 15 is 0 Å². The molecule has 0 radical (unpaired) electrons. The number of ether oxygens (including phenoxy) is 2. The molecule has 1 atom stereocenters. The number of thiazole rings is 1. The monoisotopic (exact) mass is 306 g/mol. The van der Waals surface area contributed by atoms with Gasteiger partial charge in [-0.1, -0.05) is 0 Å². The molecule has 0 bridgehead atoms. The zero-order chi connectivity index (χ0) is 13.4. The van der Waals surface area contributed by atoms with Crippen LogP contribution in [0.15, 0.2) is 23.6 Å². The third kappa shape index (κ3) is 2.28. The van der Waals surface area contributed by atoms with Crippen LogP contribution in [0.5, 0.6) is 11.5 Å². The lowest BCUT2D eigenvalue weighted by Crippen LogP contribution is -2.30. The van der Waals surface area contributed by atoms with E-state index in [0.29, 0.717) is 12.8 Å². The van der Waals surface area contributed by atoms with Crippen molar-refractivity contribution in [3.63, 3.8) is 0 Å². The number of aromatic nitrogens is 1. The molecule has 6 heteroatoms. The molecule has 2 aliphatic heterocycles. The van der Waals surface area contributed by atoms with Gasteiger partial charge in [0.15, 0.2) is 11.5 Å². The number of fused-ring (bicyclic) bond motifs is 1. The number of nitrogens with one attached hydrogen (secondary N) is 1. The summed E-state index contributed by atoms with van der Waals surface area (Å²) in [6.45, 7) is 1.37. The first-order valence-corrected chi connectivity index (χ1v) is 8.60. The molecule has 1 saturated heterocycles. The van der Waals surface area contributed by atoms with Gasteiger partial charge >= 0.3 is 0 Å². The fourth-order valence-corrected chi connectivity index (χ4v) is 4.31. The summed E-state index contributed by atoms with van der Waals surface area (Å²) >= 11 is 3.71. The molecule has 0 amide bonds. The fraction of sp³-hybridized carbons (Fsp3) is 0.357. The van der Waals surface area contributed by atoms with E-state index in [0.717, 1.165) is 35.1 Å². The third-order valence-corrected chi connectivity index (χ3v) is 5.43. The summed E-state index contributed by atoms with van der Waals surface area (Å²) in [4.78, 5) is 4.78. The van der Waals surface area contributed by atoms with E-state index in [1.807, 2.05) is 30.0 Å². The van der Waals surface area contributed by atoms with E-state index in [4.69, 9.17) is 14.5 Å². The van der Waals surface area contributed by atoms with Crippen molar-refractivity contribution < 1.29 is 9.47 Å². The van der Waals surface area contributed by atoms with Gasteiger partial charge in [0.05, 0.1) is 11.7 Å². The summed E-state index contributed by atoms with van der Waals surface area (Å²) in [5, 5.41) is 6.81. The van der Waals surface area contributed by atoms with Crippen LogP contribution in [0.2, 0.25) is 0 Å². The molecule has 1 aromatic carbocycles. The first-order valence-electron chi connectivity index (χ1n) is 6.57. The summed E-state index contributed by atoms with van der Waals surface area (Å²) in [5.41, 5.74) is 2.10. The van der Waals surface area contributed by atoms with Crippen LogP contribution >= 0.6 is 23.1 Å². The molecule has 1 fully saturated rings. The lowest BCUT2D eigenvalue weighted by Gasteiger charge is -2.20. The van der Waals surface area contributed by atoms with Crippen LogP contribution < -0.4 is 14.8 Å². The number of benzene rings is 1. The first-order chi connectivity index (χ1) is 9.90. The molecule has 2 aliphatic rings. The van der Waals surface area contributed by atoms with Crippen molar-refractivity contribution in [1.82, 2.24) is 10.3 Å². The predicted octanol–water partition coefficient (Wildman–Crippen LogP) is 2.92. The quantitative estimate of drug-likeness (QED) is 0.924. The SMILES string of the molecule is c1cc2c(cc1-c1csc(C3CSCCN3)n1)OCO2. The van der Waals surface area contributed by atoms with Gasteiger partial charge in [0.25, 0.3) is 0 Å². The molecule has 4 rings (SSSR count). The molecule has 1 aromatic heterocycles. The van der Waals surface area contributed by atoms with Crippen molar-refractivity contribution in [2.45, 2.75) is 6.04 Å². The lowest BCUT2D eigenvalue weighted by atomic mass is 10.1. The van der Waals surface area contributed by atoms with Crippen LogP contribution in [0.25, 0.3) is 11.3 Å². The van der Waals surface area contributed by atoms with Crippen molar-refractivity contribution in [3.8, 4) is 22.8 Å². The number of hydrogen-bond acceptors (Lipinski definition) is 6. The second kappa shape index (κ2) is 5.27. The van der Waals surface area contributed by atoms with Gasteiger partial charge in [-0.3, -0.25) is 0 Å². The average molecular weight is 306 g/mol. The maximum absolute atomic E-state index is 5.42. The fourth-order valence-electron chi connectivity index (χ4n) is 2.36. The van der Waals surface area contributed by atoms with E-state index < -0.39 is 0 Å². The van der Waals surface area contributed by atoms with E-state index in [1.54, 1.807) is 11.3 Å². The molecule has 4 nitrogen and oxygen atoms in total. The van der Waals surface area contributed by atoms with Gasteiger partial charge < -0.3 is 14.8 Å². The van der Waals surface area contributed by atoms with Gasteiger partial charge in [-0.15, -0.1) is 11.3 Å². The van der Waals surface area contributed by atoms with Gasteiger partial charge in [0.2, 0.25) is 6.79 Å². The molecule has 3 heterocycles. The molecule has 2 aromatic rings. The Morgan fingerprint density at radius 3 is 3.10 bits per heavy atom. The Balaban J connectivity index is 1.61. The van der Waals surface area contributed by atoms with E-state index in [1.165, 1.54) is 10.8 Å². The van der Waals surface area contributed by atoms with Crippen molar-refractivity contribution >= 4 is 23.1 Å². The zero-order valence-electron chi connectivity index (χ0n) is 10.8. The number of rotatable bonds is 2. The Morgan fingerprint density at radius 1 is 1.25 bits per heavy atom. The number of thioether (sulfide) groups is 1. The van der Waals surface area contributed by atoms with Crippen LogP contribution in [-0.4, -0.2) is 29.8 Å². The lowest BCUT2D eigenvalue weighted by molar-refractivity contribution is 0.174. The van der Waals surface area contributed by atoms with Gasteiger partial charge in [0, 0.05) is 29.0 Å². The minimum atomic E-state index is 0.310. The van der Waals surface area contributed by atoms with E-state index in [2.05, 4.69) is 10.7 Å². The highest BCUT2D eigenvalue weighted by atomic mass is 32.2. The average Bonchev–Trinajstić information content (AvgIpc) is 3.16. The van der Waals surface area contributed by atoms with E-state index in [9.17, 15) is 0 Å². The summed E-state index contributed by atoms with van der Waals surface area (Å²) in [6, 6.07) is 6.38. The van der Waals surface area contributed by atoms with Gasteiger partial charge in [-0.25, -0.2) is 4.98 Å². The first kappa shape index (κ1) is 12.5. The Labute approximate surface area is 125 Å². The van der Waals surface area contributed by atoms with Gasteiger partial charge in [-0.05, 0) is 18.2 Å². The molecule has 0 aliphatic carbocycles. The predicted molar refractivity (Wildman–Crippen MR) is 81.7 cm³/mol. The Morgan fingerprint density at radius 2 is 2.20 bits per heavy atom. The number of nitrogens with zero attached hydrogens (tertiary/aromatic N) is 1. The molecule has 0 saturated carbocycles. The van der Waals surface area contributed by atoms with Crippen molar-refractivity contribution in [2.75, 3.05) is 24.8 Å². The third-order valence-electron chi connectivity index (χ3n) is 3.41. The van der Waals surface area contributed by atoms with Crippen LogP contribution in [-0.2, 0) is 0 Å². The summed E-state index contributed by atoms with van der Waals surface area (Å²) in [7, 11) is 0. The Hall–Kier alpha value is -1.24. The second-order valence-electron chi connectivity index (χ2n) is 4.72. The van der Waals surface area contributed by atoms with Gasteiger partial charge in [-0.2, -0.15) is 11.8 Å². The standard InChI is InChI=1S/C14H14N2O2S2/c1-2-12-13(18-8-17-12)5-9(1)10-7-20-14(16-10)11-6-19-4-3-15-11/h1-2,5,7,11,15H,3-4,6,8H2. The smallest absolute Gasteiger partial charge is 0.231 e. The summed E-state index contributed by atoms with van der Waals surface area (Å²) in [6.07, 6.45) is 0. The van der Waals surface area contributed by atoms with Crippen molar-refractivity contribution in [3.05, 3.63) is 28.6 Å². The molecule has 104 valence electrons. The van der Waals surface area contributed by atoms with Crippen LogP contribution in [0.4, 0.5) is 0 Å². The molecular weight excluding hydrogens is 292 g/mol. The normalized spacial score (nSPS) is 21.1. The minimum Gasteiger partial charge on any atom is -0.454 e. The van der Waals surface area contributed by atoms with Crippen LogP contribution in [0.1, 0.15) is 11.0 Å². The molecule has 1 N–H and O–H groups in total. The van der Waals surface area contributed by atoms with Crippen molar-refractivity contribution in [1.29, 1.82) is 0 Å². The maximum atomic E-state index is 5.42. The Bertz CT molecular complexity index is 623. The minimum absolute atomic E-state index is 0.310. The molecule has 20 heavy (non-hydrogen) atoms. The molecular formula is C14H14N2O2S2. The van der Waals surface area contributed by atoms with Crippen molar-refractivity contribution in [2.24, 2.45) is 0 Å². The van der Waals surface area contributed by atoms with Crippen LogP contribution in [0, 0.1) is 0 Å². The number of hydrogen-bond donors (Lipinski definition) is 1. The van der Waals surface area contributed by atoms with Crippen LogP contribution in [0.3, 0.4) is 0 Å². The highest BCUT2D eigenvalue weighted by Gasteiger charge is 2.20. The topological polar surface area (TPSA) is 43.4 Å². The van der Waals surface area contributed by atoms with Gasteiger partial charge in [0.1, 0.15) is 5.01 Å². The zero-order valence-corrected chi connectivity index (χ0v) is 12.4. The largest absolute Gasteiger partial charge is 0.454 e. The highest BCUT2D eigenvalue weighted by Crippen LogP contribution is 2.36. The maximum Gasteiger partial charge on any atom is 0.231 e. The highest BCUT2D eigenvalue weighted by molar-refractivity contribution is 7.99. The second-order valence-corrected chi connectivity index (χ2v) is 6.76. The summed E-state index contributed by atoms with van der Waals surface area (Å²) in [5.74, 6) is 3.92. The molecule has 1 unspecified atom stereocenters. The Kier molecular flexibility index (Phi) is 3.29. The molecule has 0 spiro atoms. The van der Waals surface area contributed by atoms with E-state index in [-0.39, 0.29) is 0 Å².